The van der Waals surface area contributed by atoms with Crippen LogP contribution in [0.15, 0.2) is 54.6 Å². The van der Waals surface area contributed by atoms with Crippen molar-refractivity contribution in [3.05, 3.63) is 60.2 Å². The van der Waals surface area contributed by atoms with E-state index in [0.717, 1.165) is 0 Å². The molecule has 24 heavy (non-hydrogen) atoms. The molecule has 128 valence electrons. The molecule has 0 saturated carbocycles. The Hall–Kier alpha value is -2.41. The first-order valence-corrected chi connectivity index (χ1v) is 7.57. The molecule has 0 fully saturated rings. The monoisotopic (exact) mass is 331 g/mol. The van der Waals surface area contributed by atoms with Gasteiger partial charge in [0, 0.05) is 7.11 Å². The smallest absolute Gasteiger partial charge is 0.280 e. The fraction of sp³-hybridized carbons (Fsp3) is 0.278. The first kappa shape index (κ1) is 17.9. The first-order chi connectivity index (χ1) is 11.6. The maximum Gasteiger partial charge on any atom is 0.280 e. The van der Waals surface area contributed by atoms with Gasteiger partial charge in [-0.1, -0.05) is 37.3 Å². The summed E-state index contributed by atoms with van der Waals surface area (Å²) in [6.45, 7) is 1.61. The third kappa shape index (κ3) is 4.32. The van der Waals surface area contributed by atoms with Crippen LogP contribution >= 0.6 is 0 Å². The van der Waals surface area contributed by atoms with Crippen molar-refractivity contribution in [1.29, 1.82) is 0 Å². The molecule has 1 amide bonds. The van der Waals surface area contributed by atoms with Gasteiger partial charge in [0.05, 0.1) is 0 Å². The molecule has 0 saturated heterocycles. The zero-order valence-electron chi connectivity index (χ0n) is 13.7. The fourth-order valence-corrected chi connectivity index (χ4v) is 2.16. The van der Waals surface area contributed by atoms with Crippen LogP contribution in [0.25, 0.3) is 0 Å². The summed E-state index contributed by atoms with van der Waals surface area (Å²) in [5.74, 6) is 0.667. The van der Waals surface area contributed by atoms with Crippen LogP contribution in [0.4, 0.5) is 0 Å². The average molecular weight is 331 g/mol. The molecule has 0 aliphatic carbocycles. The molecule has 2 aromatic rings. The van der Waals surface area contributed by atoms with Crippen molar-refractivity contribution < 1.29 is 24.2 Å². The molecular formula is C18H21NO5. The van der Waals surface area contributed by atoms with Crippen molar-refractivity contribution in [2.24, 2.45) is 0 Å². The Morgan fingerprint density at radius 2 is 1.71 bits per heavy atom. The molecule has 0 aromatic heterocycles. The van der Waals surface area contributed by atoms with E-state index in [0.29, 0.717) is 17.1 Å². The highest BCUT2D eigenvalue weighted by Crippen LogP contribution is 2.28. The molecule has 1 atom stereocenters. The van der Waals surface area contributed by atoms with Crippen molar-refractivity contribution >= 4 is 5.91 Å². The van der Waals surface area contributed by atoms with Gasteiger partial charge in [-0.15, -0.1) is 0 Å². The van der Waals surface area contributed by atoms with Crippen molar-refractivity contribution in [2.75, 3.05) is 13.9 Å². The number of benzene rings is 2. The second-order valence-corrected chi connectivity index (χ2v) is 5.14. The SMILES string of the molecule is CCC(O)(C(=O)NOCOC)c1ccc(Oc2ccccc2)cc1. The number of carbonyl (C=O) groups is 1. The van der Waals surface area contributed by atoms with E-state index in [1.54, 1.807) is 31.2 Å². The van der Waals surface area contributed by atoms with Gasteiger partial charge >= 0.3 is 0 Å². The van der Waals surface area contributed by atoms with Gasteiger partial charge in [0.25, 0.3) is 5.91 Å². The minimum atomic E-state index is -1.70. The van der Waals surface area contributed by atoms with E-state index in [-0.39, 0.29) is 13.2 Å². The normalized spacial score (nSPS) is 13.1. The number of nitrogens with one attached hydrogen (secondary N) is 1. The maximum absolute atomic E-state index is 12.2. The van der Waals surface area contributed by atoms with Crippen molar-refractivity contribution in [3.8, 4) is 11.5 Å². The van der Waals surface area contributed by atoms with Crippen LogP contribution in [0.5, 0.6) is 11.5 Å². The first-order valence-electron chi connectivity index (χ1n) is 7.57. The Morgan fingerprint density at radius 3 is 2.29 bits per heavy atom. The number of aliphatic hydroxyl groups is 1. The summed E-state index contributed by atoms with van der Waals surface area (Å²) in [5.41, 5.74) is 0.936. The number of methoxy groups -OCH3 is 1. The van der Waals surface area contributed by atoms with Crippen LogP contribution in [0.2, 0.25) is 0 Å². The molecule has 2 N–H and O–H groups in total. The quantitative estimate of drug-likeness (QED) is 0.442. The lowest BCUT2D eigenvalue weighted by Crippen LogP contribution is -2.44. The van der Waals surface area contributed by atoms with E-state index >= 15 is 0 Å². The van der Waals surface area contributed by atoms with Crippen molar-refractivity contribution in [3.63, 3.8) is 0 Å². The van der Waals surface area contributed by atoms with Gasteiger partial charge in [-0.3, -0.25) is 4.79 Å². The minimum absolute atomic E-state index is 0.102. The second-order valence-electron chi connectivity index (χ2n) is 5.14. The van der Waals surface area contributed by atoms with Gasteiger partial charge in [-0.2, -0.15) is 0 Å². The lowest BCUT2D eigenvalue weighted by atomic mass is 9.90. The highest BCUT2D eigenvalue weighted by molar-refractivity contribution is 5.85. The Morgan fingerprint density at radius 1 is 1.08 bits per heavy atom. The Balaban J connectivity index is 2.10. The number of ether oxygens (including phenoxy) is 2. The largest absolute Gasteiger partial charge is 0.457 e. The summed E-state index contributed by atoms with van der Waals surface area (Å²) in [6, 6.07) is 16.1. The summed E-state index contributed by atoms with van der Waals surface area (Å²) in [6.07, 6.45) is 0.189. The van der Waals surface area contributed by atoms with Gasteiger partial charge in [-0.25, -0.2) is 10.3 Å². The molecule has 2 aromatic carbocycles. The summed E-state index contributed by atoms with van der Waals surface area (Å²) in [7, 11) is 1.43. The summed E-state index contributed by atoms with van der Waals surface area (Å²) < 4.78 is 10.4. The number of hydrogen-bond acceptors (Lipinski definition) is 5. The predicted molar refractivity (Wildman–Crippen MR) is 88.2 cm³/mol. The lowest BCUT2D eigenvalue weighted by Gasteiger charge is -2.25. The molecule has 6 nitrogen and oxygen atoms in total. The van der Waals surface area contributed by atoms with Gasteiger partial charge in [0.1, 0.15) is 11.5 Å². The van der Waals surface area contributed by atoms with E-state index in [4.69, 9.17) is 9.57 Å². The van der Waals surface area contributed by atoms with Crippen LogP contribution in [-0.4, -0.2) is 24.9 Å². The Kier molecular flexibility index (Phi) is 6.31. The maximum atomic E-state index is 12.2. The van der Waals surface area contributed by atoms with Gasteiger partial charge in [0.15, 0.2) is 12.4 Å². The van der Waals surface area contributed by atoms with Gasteiger partial charge in [0.2, 0.25) is 0 Å². The number of amides is 1. The van der Waals surface area contributed by atoms with Crippen LogP contribution in [-0.2, 0) is 20.0 Å². The van der Waals surface area contributed by atoms with E-state index in [9.17, 15) is 9.90 Å². The summed E-state index contributed by atoms with van der Waals surface area (Å²) >= 11 is 0. The molecule has 0 spiro atoms. The van der Waals surface area contributed by atoms with E-state index in [1.165, 1.54) is 7.11 Å². The van der Waals surface area contributed by atoms with Crippen molar-refractivity contribution in [2.45, 2.75) is 18.9 Å². The number of carbonyl (C=O) groups excluding carboxylic acids is 1. The zero-order valence-corrected chi connectivity index (χ0v) is 13.7. The molecule has 0 aliphatic heterocycles. The number of para-hydroxylation sites is 1. The summed E-state index contributed by atoms with van der Waals surface area (Å²) in [5, 5.41) is 10.7. The van der Waals surface area contributed by atoms with Gasteiger partial charge < -0.3 is 14.6 Å². The fourth-order valence-electron chi connectivity index (χ4n) is 2.16. The topological polar surface area (TPSA) is 77.0 Å². The van der Waals surface area contributed by atoms with E-state index < -0.39 is 11.5 Å². The zero-order chi connectivity index (χ0) is 17.4. The predicted octanol–water partition coefficient (Wildman–Crippen LogP) is 2.73. The van der Waals surface area contributed by atoms with Gasteiger partial charge in [-0.05, 0) is 36.2 Å². The summed E-state index contributed by atoms with van der Waals surface area (Å²) in [4.78, 5) is 17.0. The Bertz CT molecular complexity index is 644. The average Bonchev–Trinajstić information content (AvgIpc) is 2.62. The van der Waals surface area contributed by atoms with Crippen molar-refractivity contribution in [1.82, 2.24) is 5.48 Å². The number of hydrogen-bond donors (Lipinski definition) is 2. The van der Waals surface area contributed by atoms with Crippen LogP contribution < -0.4 is 10.2 Å². The van der Waals surface area contributed by atoms with E-state index in [2.05, 4.69) is 10.2 Å². The van der Waals surface area contributed by atoms with Crippen LogP contribution in [0.1, 0.15) is 18.9 Å². The standard InChI is InChI=1S/C18H21NO5/c1-3-18(21,17(20)19-23-13-22-2)14-9-11-16(12-10-14)24-15-7-5-4-6-8-15/h4-12,21H,3,13H2,1-2H3,(H,19,20). The molecule has 0 aliphatic rings. The minimum Gasteiger partial charge on any atom is -0.457 e. The Labute approximate surface area is 140 Å². The molecule has 0 bridgehead atoms. The lowest BCUT2D eigenvalue weighted by molar-refractivity contribution is -0.164. The number of rotatable bonds is 8. The molecule has 1 unspecified atom stereocenters. The third-order valence-electron chi connectivity index (χ3n) is 3.54. The molecule has 2 rings (SSSR count). The van der Waals surface area contributed by atoms with Crippen LogP contribution in [0, 0.1) is 0 Å². The number of hydroxylamine groups is 1. The molecular weight excluding hydrogens is 310 g/mol. The molecule has 6 heteroatoms. The molecule has 0 heterocycles. The molecule has 0 radical (unpaired) electrons. The highest BCUT2D eigenvalue weighted by Gasteiger charge is 2.36. The second kappa shape index (κ2) is 8.44. The van der Waals surface area contributed by atoms with Crippen LogP contribution in [0.3, 0.4) is 0 Å². The third-order valence-corrected chi connectivity index (χ3v) is 3.54. The van der Waals surface area contributed by atoms with E-state index in [1.807, 2.05) is 30.3 Å². The highest BCUT2D eigenvalue weighted by atomic mass is 16.8.